The van der Waals surface area contributed by atoms with Crippen LogP contribution >= 0.6 is 11.3 Å². The molecule has 1 aromatic carbocycles. The van der Waals surface area contributed by atoms with Gasteiger partial charge >= 0.3 is 0 Å². The van der Waals surface area contributed by atoms with Crippen LogP contribution in [0.15, 0.2) is 41.5 Å². The number of thiophene rings is 1. The molecule has 0 saturated heterocycles. The normalized spacial score (nSPS) is 11.2. The largest absolute Gasteiger partial charge is 0.282 e. The van der Waals surface area contributed by atoms with Crippen molar-refractivity contribution in [3.8, 4) is 0 Å². The number of hydrogen-bond acceptors (Lipinski definition) is 5. The highest BCUT2D eigenvalue weighted by molar-refractivity contribution is 7.14. The number of hydrazone groups is 1. The molecule has 6 nitrogen and oxygen atoms in total. The molecule has 0 aliphatic rings. The molecule has 1 aromatic heterocycles. The Morgan fingerprint density at radius 1 is 1.29 bits per heavy atom. The van der Waals surface area contributed by atoms with Crippen LogP contribution in [0.2, 0.25) is 0 Å². The van der Waals surface area contributed by atoms with Gasteiger partial charge in [0.05, 0.1) is 15.5 Å². The van der Waals surface area contributed by atoms with Gasteiger partial charge in [0.1, 0.15) is 5.56 Å². The van der Waals surface area contributed by atoms with Crippen LogP contribution in [0, 0.1) is 17.0 Å². The van der Waals surface area contributed by atoms with Crippen LogP contribution in [0.4, 0.5) is 5.69 Å². The van der Waals surface area contributed by atoms with Gasteiger partial charge < -0.3 is 0 Å². The molecule has 7 heteroatoms. The molecule has 0 spiro atoms. The second kappa shape index (κ2) is 6.27. The van der Waals surface area contributed by atoms with E-state index in [1.807, 2.05) is 19.1 Å². The van der Waals surface area contributed by atoms with Crippen molar-refractivity contribution >= 4 is 28.6 Å². The minimum atomic E-state index is -0.602. The van der Waals surface area contributed by atoms with Gasteiger partial charge in [-0.15, -0.1) is 11.3 Å². The van der Waals surface area contributed by atoms with Crippen molar-refractivity contribution in [2.45, 2.75) is 13.8 Å². The van der Waals surface area contributed by atoms with E-state index < -0.39 is 10.8 Å². The van der Waals surface area contributed by atoms with E-state index in [1.54, 1.807) is 24.3 Å². The molecule has 0 saturated carbocycles. The van der Waals surface area contributed by atoms with Crippen molar-refractivity contribution in [2.75, 3.05) is 0 Å². The maximum Gasteiger partial charge on any atom is 0.282 e. The molecule has 2 aromatic rings. The number of para-hydroxylation sites is 1. The van der Waals surface area contributed by atoms with Crippen molar-refractivity contribution in [1.82, 2.24) is 5.43 Å². The number of hydrogen-bond donors (Lipinski definition) is 1. The van der Waals surface area contributed by atoms with Gasteiger partial charge in [-0.25, -0.2) is 5.43 Å². The number of amides is 1. The first-order chi connectivity index (χ1) is 9.99. The molecule has 0 fully saturated rings. The Bertz CT molecular complexity index is 722. The zero-order valence-electron chi connectivity index (χ0n) is 11.5. The Hall–Kier alpha value is -2.54. The highest BCUT2D eigenvalue weighted by Crippen LogP contribution is 2.18. The van der Waals surface area contributed by atoms with E-state index >= 15 is 0 Å². The van der Waals surface area contributed by atoms with E-state index in [4.69, 9.17) is 0 Å². The van der Waals surface area contributed by atoms with Crippen molar-refractivity contribution in [3.05, 3.63) is 61.8 Å². The molecule has 2 rings (SSSR count). The zero-order chi connectivity index (χ0) is 15.4. The molecule has 1 amide bonds. The predicted molar refractivity (Wildman–Crippen MR) is 81.8 cm³/mol. The van der Waals surface area contributed by atoms with Crippen molar-refractivity contribution in [2.24, 2.45) is 5.10 Å². The molecular weight excluding hydrogens is 290 g/mol. The summed E-state index contributed by atoms with van der Waals surface area (Å²) in [6.45, 7) is 3.75. The summed E-state index contributed by atoms with van der Waals surface area (Å²) < 4.78 is 0. The standard InChI is InChI=1S/C14H13N3O3S/c1-9-7-8-13(21-9)10(2)15-16-14(18)11-5-3-4-6-12(11)17(19)20/h3-8H,1-2H3,(H,16,18)/b15-10+. The second-order valence-corrected chi connectivity index (χ2v) is 5.61. The Morgan fingerprint density at radius 2 is 2.00 bits per heavy atom. The molecule has 21 heavy (non-hydrogen) atoms. The van der Waals surface area contributed by atoms with E-state index in [2.05, 4.69) is 10.5 Å². The number of rotatable bonds is 4. The zero-order valence-corrected chi connectivity index (χ0v) is 12.3. The Kier molecular flexibility index (Phi) is 4.44. The van der Waals surface area contributed by atoms with Gasteiger partial charge in [-0.3, -0.25) is 14.9 Å². The molecule has 0 radical (unpaired) electrons. The highest BCUT2D eigenvalue weighted by Gasteiger charge is 2.18. The third kappa shape index (κ3) is 3.51. The summed E-state index contributed by atoms with van der Waals surface area (Å²) >= 11 is 1.56. The lowest BCUT2D eigenvalue weighted by Gasteiger charge is -2.02. The van der Waals surface area contributed by atoms with Crippen LogP contribution in [0.3, 0.4) is 0 Å². The number of aryl methyl sites for hydroxylation is 1. The van der Waals surface area contributed by atoms with Crippen LogP contribution in [0.25, 0.3) is 0 Å². The first-order valence-electron chi connectivity index (χ1n) is 6.14. The number of carbonyl (C=O) groups excluding carboxylic acids is 1. The first kappa shape index (κ1) is 14.9. The first-order valence-corrected chi connectivity index (χ1v) is 6.95. The minimum Gasteiger partial charge on any atom is -0.267 e. The number of nitro benzene ring substituents is 1. The highest BCUT2D eigenvalue weighted by atomic mass is 32.1. The lowest BCUT2D eigenvalue weighted by Crippen LogP contribution is -2.20. The SMILES string of the molecule is C/C(=N\NC(=O)c1ccccc1[N+](=O)[O-])c1ccc(C)s1. The average Bonchev–Trinajstić information content (AvgIpc) is 2.91. The van der Waals surface area contributed by atoms with Crippen molar-refractivity contribution < 1.29 is 9.72 Å². The lowest BCUT2D eigenvalue weighted by atomic mass is 10.2. The van der Waals surface area contributed by atoms with Gasteiger partial charge in [0.25, 0.3) is 11.6 Å². The topological polar surface area (TPSA) is 84.6 Å². The van der Waals surface area contributed by atoms with E-state index in [0.717, 1.165) is 9.75 Å². The van der Waals surface area contributed by atoms with Gasteiger partial charge in [0.15, 0.2) is 0 Å². The summed E-state index contributed by atoms with van der Waals surface area (Å²) in [4.78, 5) is 24.4. The van der Waals surface area contributed by atoms with Gasteiger partial charge in [0, 0.05) is 10.9 Å². The van der Waals surface area contributed by atoms with Gasteiger partial charge in [-0.1, -0.05) is 12.1 Å². The van der Waals surface area contributed by atoms with Crippen LogP contribution in [0.1, 0.15) is 27.0 Å². The van der Waals surface area contributed by atoms with E-state index in [9.17, 15) is 14.9 Å². The fourth-order valence-electron chi connectivity index (χ4n) is 1.70. The third-order valence-electron chi connectivity index (χ3n) is 2.77. The maximum atomic E-state index is 12.0. The van der Waals surface area contributed by atoms with E-state index in [0.29, 0.717) is 5.71 Å². The molecule has 0 atom stereocenters. The monoisotopic (exact) mass is 303 g/mol. The summed E-state index contributed by atoms with van der Waals surface area (Å²) in [6.07, 6.45) is 0. The van der Waals surface area contributed by atoms with Crippen LogP contribution in [-0.2, 0) is 0 Å². The van der Waals surface area contributed by atoms with Crippen molar-refractivity contribution in [3.63, 3.8) is 0 Å². The lowest BCUT2D eigenvalue weighted by molar-refractivity contribution is -0.385. The smallest absolute Gasteiger partial charge is 0.267 e. The molecule has 0 unspecified atom stereocenters. The quantitative estimate of drug-likeness (QED) is 0.535. The Balaban J connectivity index is 2.17. The average molecular weight is 303 g/mol. The number of nitrogens with zero attached hydrogens (tertiary/aromatic N) is 2. The molecule has 0 aliphatic heterocycles. The minimum absolute atomic E-state index is 0.0126. The Labute approximate surface area is 125 Å². The molecule has 108 valence electrons. The number of benzene rings is 1. The molecule has 0 bridgehead atoms. The van der Waals surface area contributed by atoms with E-state index in [1.165, 1.54) is 18.2 Å². The fourth-order valence-corrected chi connectivity index (χ4v) is 2.52. The van der Waals surface area contributed by atoms with Crippen LogP contribution in [-0.4, -0.2) is 16.5 Å². The number of carbonyl (C=O) groups is 1. The van der Waals surface area contributed by atoms with Crippen molar-refractivity contribution in [1.29, 1.82) is 0 Å². The van der Waals surface area contributed by atoms with Crippen LogP contribution < -0.4 is 5.43 Å². The molecule has 1 N–H and O–H groups in total. The van der Waals surface area contributed by atoms with Gasteiger partial charge in [-0.2, -0.15) is 5.10 Å². The van der Waals surface area contributed by atoms with E-state index in [-0.39, 0.29) is 11.3 Å². The summed E-state index contributed by atoms with van der Waals surface area (Å²) in [5.74, 6) is -0.602. The Morgan fingerprint density at radius 3 is 2.62 bits per heavy atom. The maximum absolute atomic E-state index is 12.0. The predicted octanol–water partition coefficient (Wildman–Crippen LogP) is 3.12. The number of nitrogens with one attached hydrogen (secondary N) is 1. The van der Waals surface area contributed by atoms with Crippen LogP contribution in [0.5, 0.6) is 0 Å². The number of nitro groups is 1. The summed E-state index contributed by atoms with van der Waals surface area (Å²) in [5, 5.41) is 14.9. The molecular formula is C14H13N3O3S. The summed E-state index contributed by atoms with van der Waals surface area (Å²) in [7, 11) is 0. The summed E-state index contributed by atoms with van der Waals surface area (Å²) in [5.41, 5.74) is 2.75. The van der Waals surface area contributed by atoms with Gasteiger partial charge in [-0.05, 0) is 32.0 Å². The second-order valence-electron chi connectivity index (χ2n) is 4.32. The van der Waals surface area contributed by atoms with Gasteiger partial charge in [0.2, 0.25) is 0 Å². The third-order valence-corrected chi connectivity index (χ3v) is 3.88. The fraction of sp³-hybridized carbons (Fsp3) is 0.143. The molecule has 1 heterocycles. The molecule has 0 aliphatic carbocycles. The summed E-state index contributed by atoms with van der Waals surface area (Å²) in [6, 6.07) is 9.64.